The van der Waals surface area contributed by atoms with Crippen LogP contribution >= 0.6 is 0 Å². The van der Waals surface area contributed by atoms with Crippen molar-refractivity contribution in [2.24, 2.45) is 0 Å². The predicted octanol–water partition coefficient (Wildman–Crippen LogP) is 4.24. The molecule has 0 radical (unpaired) electrons. The number of rotatable bonds is 7. The SMILES string of the molecule is C=C(C)C(=O)OCCCOc1ccc(-c2ccccc2)cc1. The van der Waals surface area contributed by atoms with Gasteiger partial charge >= 0.3 is 5.97 Å². The summed E-state index contributed by atoms with van der Waals surface area (Å²) in [4.78, 5) is 11.2. The molecule has 0 heterocycles. The number of carbonyl (C=O) groups is 1. The number of hydrogen-bond donors (Lipinski definition) is 0. The van der Waals surface area contributed by atoms with E-state index in [1.807, 2.05) is 42.5 Å². The Hall–Kier alpha value is -2.55. The molecule has 0 saturated heterocycles. The molecule has 0 saturated carbocycles. The zero-order chi connectivity index (χ0) is 15.8. The van der Waals surface area contributed by atoms with Gasteiger partial charge in [0, 0.05) is 12.0 Å². The lowest BCUT2D eigenvalue weighted by molar-refractivity contribution is -0.139. The fourth-order valence-electron chi connectivity index (χ4n) is 1.91. The maximum absolute atomic E-state index is 11.2. The quantitative estimate of drug-likeness (QED) is 0.435. The van der Waals surface area contributed by atoms with Crippen LogP contribution in [0.15, 0.2) is 66.7 Å². The highest BCUT2D eigenvalue weighted by molar-refractivity contribution is 5.86. The number of ether oxygens (including phenoxy) is 2. The minimum absolute atomic E-state index is 0.341. The Labute approximate surface area is 131 Å². The molecule has 2 rings (SSSR count). The van der Waals surface area contributed by atoms with E-state index in [1.54, 1.807) is 6.92 Å². The first-order valence-corrected chi connectivity index (χ1v) is 7.28. The highest BCUT2D eigenvalue weighted by Crippen LogP contribution is 2.22. The largest absolute Gasteiger partial charge is 0.493 e. The topological polar surface area (TPSA) is 35.5 Å². The van der Waals surface area contributed by atoms with Crippen LogP contribution in [0.2, 0.25) is 0 Å². The average Bonchev–Trinajstić information content (AvgIpc) is 2.55. The van der Waals surface area contributed by atoms with Gasteiger partial charge in [-0.2, -0.15) is 0 Å². The van der Waals surface area contributed by atoms with E-state index in [1.165, 1.54) is 5.56 Å². The molecule has 0 spiro atoms. The van der Waals surface area contributed by atoms with Crippen molar-refractivity contribution in [3.8, 4) is 16.9 Å². The smallest absolute Gasteiger partial charge is 0.333 e. The standard InChI is InChI=1S/C19H20O3/c1-15(2)19(20)22-14-6-13-21-18-11-9-17(10-12-18)16-7-4-3-5-8-16/h3-5,7-12H,1,6,13-14H2,2H3. The number of benzene rings is 2. The van der Waals surface area contributed by atoms with Crippen molar-refractivity contribution in [2.75, 3.05) is 13.2 Å². The summed E-state index contributed by atoms with van der Waals surface area (Å²) in [5.74, 6) is 0.457. The Balaban J connectivity index is 1.75. The molecule has 0 amide bonds. The molecule has 0 aliphatic carbocycles. The normalized spacial score (nSPS) is 10.0. The molecule has 2 aromatic rings. The van der Waals surface area contributed by atoms with Gasteiger partial charge in [0.05, 0.1) is 13.2 Å². The van der Waals surface area contributed by atoms with E-state index in [4.69, 9.17) is 9.47 Å². The summed E-state index contributed by atoms with van der Waals surface area (Å²) in [5, 5.41) is 0. The molecule has 114 valence electrons. The van der Waals surface area contributed by atoms with E-state index in [9.17, 15) is 4.79 Å². The molecule has 2 aromatic carbocycles. The second-order valence-corrected chi connectivity index (χ2v) is 5.01. The minimum atomic E-state index is -0.354. The van der Waals surface area contributed by atoms with Crippen LogP contribution in [0, 0.1) is 0 Å². The first-order valence-electron chi connectivity index (χ1n) is 7.28. The van der Waals surface area contributed by atoms with E-state index in [0.717, 1.165) is 11.3 Å². The van der Waals surface area contributed by atoms with Crippen LogP contribution < -0.4 is 4.74 Å². The third-order valence-electron chi connectivity index (χ3n) is 3.10. The first kappa shape index (κ1) is 15.8. The van der Waals surface area contributed by atoms with Gasteiger partial charge in [-0.3, -0.25) is 0 Å². The van der Waals surface area contributed by atoms with Crippen molar-refractivity contribution in [1.29, 1.82) is 0 Å². The van der Waals surface area contributed by atoms with Gasteiger partial charge < -0.3 is 9.47 Å². The molecule has 0 aliphatic heterocycles. The number of hydrogen-bond acceptors (Lipinski definition) is 3. The lowest BCUT2D eigenvalue weighted by atomic mass is 10.1. The highest BCUT2D eigenvalue weighted by atomic mass is 16.5. The Kier molecular flexibility index (Phi) is 5.78. The minimum Gasteiger partial charge on any atom is -0.493 e. The average molecular weight is 296 g/mol. The van der Waals surface area contributed by atoms with Crippen molar-refractivity contribution in [3.05, 3.63) is 66.7 Å². The van der Waals surface area contributed by atoms with Gasteiger partial charge in [0.15, 0.2) is 0 Å². The molecule has 0 aromatic heterocycles. The van der Waals surface area contributed by atoms with Gasteiger partial charge in [-0.1, -0.05) is 49.0 Å². The Bertz CT molecular complexity index is 615. The maximum atomic E-state index is 11.2. The molecule has 0 bridgehead atoms. The van der Waals surface area contributed by atoms with Gasteiger partial charge in [0.25, 0.3) is 0 Å². The molecule has 0 aliphatic rings. The van der Waals surface area contributed by atoms with Crippen LogP contribution in [0.4, 0.5) is 0 Å². The molecule has 3 heteroatoms. The van der Waals surface area contributed by atoms with Gasteiger partial charge in [-0.05, 0) is 30.2 Å². The number of carbonyl (C=O) groups excluding carboxylic acids is 1. The lowest BCUT2D eigenvalue weighted by Gasteiger charge is -2.08. The van der Waals surface area contributed by atoms with Gasteiger partial charge in [-0.15, -0.1) is 0 Å². The number of esters is 1. The third-order valence-corrected chi connectivity index (χ3v) is 3.10. The second kappa shape index (κ2) is 8.03. The molecule has 0 fully saturated rings. The molecular formula is C19H20O3. The molecule has 0 atom stereocenters. The summed E-state index contributed by atoms with van der Waals surface area (Å²) >= 11 is 0. The third kappa shape index (κ3) is 4.77. The maximum Gasteiger partial charge on any atom is 0.333 e. The van der Waals surface area contributed by atoms with Crippen LogP contribution in [-0.4, -0.2) is 19.2 Å². The fourth-order valence-corrected chi connectivity index (χ4v) is 1.91. The molecule has 3 nitrogen and oxygen atoms in total. The van der Waals surface area contributed by atoms with E-state index in [-0.39, 0.29) is 5.97 Å². The monoisotopic (exact) mass is 296 g/mol. The van der Waals surface area contributed by atoms with Crippen LogP contribution in [0.1, 0.15) is 13.3 Å². The summed E-state index contributed by atoms with van der Waals surface area (Å²) in [7, 11) is 0. The first-order chi connectivity index (χ1) is 10.7. The Morgan fingerprint density at radius 2 is 1.59 bits per heavy atom. The van der Waals surface area contributed by atoms with Crippen molar-refractivity contribution in [3.63, 3.8) is 0 Å². The van der Waals surface area contributed by atoms with Gasteiger partial charge in [-0.25, -0.2) is 4.79 Å². The zero-order valence-corrected chi connectivity index (χ0v) is 12.7. The van der Waals surface area contributed by atoms with E-state index in [2.05, 4.69) is 18.7 Å². The van der Waals surface area contributed by atoms with E-state index >= 15 is 0 Å². The molecule has 0 unspecified atom stereocenters. The molecule has 22 heavy (non-hydrogen) atoms. The summed E-state index contributed by atoms with van der Waals surface area (Å²) in [6.45, 7) is 6.01. The zero-order valence-electron chi connectivity index (χ0n) is 12.7. The second-order valence-electron chi connectivity index (χ2n) is 5.01. The highest BCUT2D eigenvalue weighted by Gasteiger charge is 2.02. The summed E-state index contributed by atoms with van der Waals surface area (Å²) in [5.41, 5.74) is 2.75. The van der Waals surface area contributed by atoms with Crippen molar-refractivity contribution < 1.29 is 14.3 Å². The van der Waals surface area contributed by atoms with Crippen LogP contribution in [-0.2, 0) is 9.53 Å². The van der Waals surface area contributed by atoms with Crippen LogP contribution in [0.5, 0.6) is 5.75 Å². The Morgan fingerprint density at radius 1 is 0.955 bits per heavy atom. The summed E-state index contributed by atoms with van der Waals surface area (Å²) < 4.78 is 10.6. The summed E-state index contributed by atoms with van der Waals surface area (Å²) in [6, 6.07) is 18.2. The predicted molar refractivity (Wildman–Crippen MR) is 87.8 cm³/mol. The fraction of sp³-hybridized carbons (Fsp3) is 0.211. The van der Waals surface area contributed by atoms with Crippen LogP contribution in [0.3, 0.4) is 0 Å². The summed E-state index contributed by atoms with van der Waals surface area (Å²) in [6.07, 6.45) is 0.652. The Morgan fingerprint density at radius 3 is 2.23 bits per heavy atom. The van der Waals surface area contributed by atoms with Crippen LogP contribution in [0.25, 0.3) is 11.1 Å². The molecule has 0 N–H and O–H groups in total. The molecular weight excluding hydrogens is 276 g/mol. The van der Waals surface area contributed by atoms with Crippen molar-refractivity contribution >= 4 is 5.97 Å². The van der Waals surface area contributed by atoms with E-state index < -0.39 is 0 Å². The van der Waals surface area contributed by atoms with Gasteiger partial charge in [0.1, 0.15) is 5.75 Å². The lowest BCUT2D eigenvalue weighted by Crippen LogP contribution is -2.09. The van der Waals surface area contributed by atoms with Gasteiger partial charge in [0.2, 0.25) is 0 Å². The van der Waals surface area contributed by atoms with Crippen molar-refractivity contribution in [2.45, 2.75) is 13.3 Å². The van der Waals surface area contributed by atoms with Crippen molar-refractivity contribution in [1.82, 2.24) is 0 Å². The van der Waals surface area contributed by atoms with E-state index in [0.29, 0.717) is 25.2 Å².